The number of amides is 1. The van der Waals surface area contributed by atoms with Gasteiger partial charge in [0.1, 0.15) is 11.5 Å². The third-order valence-electron chi connectivity index (χ3n) is 4.15. The highest BCUT2D eigenvalue weighted by Gasteiger charge is 2.19. The second-order valence-corrected chi connectivity index (χ2v) is 6.35. The molecule has 0 aliphatic carbocycles. The van der Waals surface area contributed by atoms with Gasteiger partial charge in [0, 0.05) is 6.42 Å². The number of rotatable bonds is 5. The lowest BCUT2D eigenvalue weighted by Crippen LogP contribution is -2.24. The van der Waals surface area contributed by atoms with Crippen molar-refractivity contribution in [1.82, 2.24) is 5.32 Å². The van der Waals surface area contributed by atoms with Gasteiger partial charge < -0.3 is 5.32 Å². The van der Waals surface area contributed by atoms with Gasteiger partial charge in [-0.25, -0.2) is 4.99 Å². The highest BCUT2D eigenvalue weighted by atomic mass is 16.2. The van der Waals surface area contributed by atoms with Crippen LogP contribution >= 0.6 is 0 Å². The van der Waals surface area contributed by atoms with Crippen molar-refractivity contribution in [3.63, 3.8) is 0 Å². The molecule has 2 aromatic rings. The lowest BCUT2D eigenvalue weighted by atomic mass is 10.0. The summed E-state index contributed by atoms with van der Waals surface area (Å²) in [5, 5.41) is 2.87. The van der Waals surface area contributed by atoms with Crippen molar-refractivity contribution in [1.29, 1.82) is 0 Å². The fraction of sp³-hybridized carbons (Fsp3) is 0.238. The van der Waals surface area contributed by atoms with E-state index in [4.69, 9.17) is 0 Å². The van der Waals surface area contributed by atoms with Crippen LogP contribution in [0.2, 0.25) is 0 Å². The zero-order valence-corrected chi connectivity index (χ0v) is 14.1. The Kier molecular flexibility index (Phi) is 4.90. The molecule has 1 heterocycles. The number of amidine groups is 1. The molecule has 2 aromatic carbocycles. The summed E-state index contributed by atoms with van der Waals surface area (Å²) < 4.78 is 0. The summed E-state index contributed by atoms with van der Waals surface area (Å²) in [6, 6.07) is 18.5. The highest BCUT2D eigenvalue weighted by Crippen LogP contribution is 2.18. The van der Waals surface area contributed by atoms with E-state index in [1.807, 2.05) is 36.4 Å². The third-order valence-corrected chi connectivity index (χ3v) is 4.15. The molecular formula is C21H22N2O. The molecule has 0 saturated heterocycles. The smallest absolute Gasteiger partial charge is 0.275 e. The molecule has 1 aliphatic heterocycles. The average Bonchev–Trinajstić information content (AvgIpc) is 2.94. The molecule has 3 nitrogen and oxygen atoms in total. The maximum Gasteiger partial charge on any atom is 0.275 e. The average molecular weight is 318 g/mol. The van der Waals surface area contributed by atoms with E-state index < -0.39 is 0 Å². The molecule has 0 aromatic heterocycles. The number of aliphatic imine (C=N–C) groups is 1. The monoisotopic (exact) mass is 318 g/mol. The van der Waals surface area contributed by atoms with Gasteiger partial charge in [-0.2, -0.15) is 0 Å². The minimum atomic E-state index is -0.119. The second-order valence-electron chi connectivity index (χ2n) is 6.35. The Morgan fingerprint density at radius 2 is 1.71 bits per heavy atom. The Hall–Kier alpha value is -2.68. The van der Waals surface area contributed by atoms with Crippen LogP contribution in [0.4, 0.5) is 0 Å². The largest absolute Gasteiger partial charge is 0.309 e. The maximum atomic E-state index is 12.1. The number of nitrogens with zero attached hydrogens (tertiary/aromatic N) is 1. The standard InChI is InChI=1S/C21H22N2O/c1-15(2)18-11-8-17(9-12-18)14-19-21(24)23-20(22-19)13-10-16-6-4-3-5-7-16/h3-9,11-12,14-15H,10,13H2,1-2H3,(H,22,23,24)/b19-14+. The summed E-state index contributed by atoms with van der Waals surface area (Å²) in [4.78, 5) is 16.5. The molecule has 0 saturated carbocycles. The van der Waals surface area contributed by atoms with E-state index >= 15 is 0 Å². The molecule has 3 heteroatoms. The molecular weight excluding hydrogens is 296 g/mol. The summed E-state index contributed by atoms with van der Waals surface area (Å²) in [7, 11) is 0. The molecule has 0 fully saturated rings. The molecule has 0 atom stereocenters. The van der Waals surface area contributed by atoms with Crippen molar-refractivity contribution >= 4 is 17.8 Å². The van der Waals surface area contributed by atoms with E-state index in [-0.39, 0.29) is 5.91 Å². The van der Waals surface area contributed by atoms with Gasteiger partial charge in [-0.3, -0.25) is 4.79 Å². The Balaban J connectivity index is 1.69. The van der Waals surface area contributed by atoms with E-state index in [1.54, 1.807) is 0 Å². The van der Waals surface area contributed by atoms with Gasteiger partial charge in [-0.1, -0.05) is 68.4 Å². The van der Waals surface area contributed by atoms with Gasteiger partial charge in [-0.15, -0.1) is 0 Å². The van der Waals surface area contributed by atoms with Crippen molar-refractivity contribution in [2.45, 2.75) is 32.6 Å². The summed E-state index contributed by atoms with van der Waals surface area (Å²) in [5.41, 5.74) is 4.02. The molecule has 1 aliphatic rings. The molecule has 3 rings (SSSR count). The number of carbonyl (C=O) groups excluding carboxylic acids is 1. The van der Waals surface area contributed by atoms with E-state index in [0.29, 0.717) is 11.6 Å². The molecule has 122 valence electrons. The zero-order valence-electron chi connectivity index (χ0n) is 14.1. The van der Waals surface area contributed by atoms with Crippen molar-refractivity contribution < 1.29 is 4.79 Å². The minimum absolute atomic E-state index is 0.119. The summed E-state index contributed by atoms with van der Waals surface area (Å²) >= 11 is 0. The van der Waals surface area contributed by atoms with Crippen molar-refractivity contribution in [2.75, 3.05) is 0 Å². The van der Waals surface area contributed by atoms with Crippen LogP contribution in [0.5, 0.6) is 0 Å². The first kappa shape index (κ1) is 16.2. The predicted molar refractivity (Wildman–Crippen MR) is 98.8 cm³/mol. The Bertz CT molecular complexity index is 771. The Morgan fingerprint density at radius 1 is 1.00 bits per heavy atom. The lowest BCUT2D eigenvalue weighted by molar-refractivity contribution is -0.115. The van der Waals surface area contributed by atoms with E-state index in [9.17, 15) is 4.79 Å². The molecule has 0 radical (unpaired) electrons. The minimum Gasteiger partial charge on any atom is -0.309 e. The van der Waals surface area contributed by atoms with E-state index in [1.165, 1.54) is 11.1 Å². The van der Waals surface area contributed by atoms with Crippen molar-refractivity contribution in [3.05, 3.63) is 77.0 Å². The SMILES string of the molecule is CC(C)c1ccc(/C=C2/N=C(CCc3ccccc3)NC2=O)cc1. The number of hydrogen-bond donors (Lipinski definition) is 1. The van der Waals surface area contributed by atoms with Gasteiger partial charge in [0.15, 0.2) is 0 Å². The Labute approximate surface area is 143 Å². The summed E-state index contributed by atoms with van der Waals surface area (Å²) in [6.07, 6.45) is 3.45. The van der Waals surface area contributed by atoms with Crippen LogP contribution in [-0.2, 0) is 11.2 Å². The molecule has 1 N–H and O–H groups in total. The summed E-state index contributed by atoms with van der Waals surface area (Å²) in [5.74, 6) is 1.13. The van der Waals surface area contributed by atoms with Gasteiger partial charge in [0.05, 0.1) is 0 Å². The molecule has 0 unspecified atom stereocenters. The van der Waals surface area contributed by atoms with Gasteiger partial charge in [0.25, 0.3) is 5.91 Å². The number of benzene rings is 2. The van der Waals surface area contributed by atoms with E-state index in [2.05, 4.69) is 48.4 Å². The number of aryl methyl sites for hydroxylation is 1. The molecule has 24 heavy (non-hydrogen) atoms. The van der Waals surface area contributed by atoms with Crippen molar-refractivity contribution in [2.24, 2.45) is 4.99 Å². The van der Waals surface area contributed by atoms with Crippen LogP contribution in [0.25, 0.3) is 6.08 Å². The highest BCUT2D eigenvalue weighted by molar-refractivity contribution is 6.14. The third kappa shape index (κ3) is 3.99. The maximum absolute atomic E-state index is 12.1. The van der Waals surface area contributed by atoms with Gasteiger partial charge in [0.2, 0.25) is 0 Å². The molecule has 0 spiro atoms. The quantitative estimate of drug-likeness (QED) is 0.820. The fourth-order valence-electron chi connectivity index (χ4n) is 2.68. The first-order valence-corrected chi connectivity index (χ1v) is 8.36. The number of carbonyl (C=O) groups is 1. The lowest BCUT2D eigenvalue weighted by Gasteiger charge is -2.04. The number of nitrogens with one attached hydrogen (secondary N) is 1. The first-order chi connectivity index (χ1) is 11.6. The zero-order chi connectivity index (χ0) is 16.9. The van der Waals surface area contributed by atoms with Crippen LogP contribution in [0.3, 0.4) is 0 Å². The predicted octanol–water partition coefficient (Wildman–Crippen LogP) is 4.31. The second kappa shape index (κ2) is 7.26. The molecule has 1 amide bonds. The van der Waals surface area contributed by atoms with Crippen molar-refractivity contribution in [3.8, 4) is 0 Å². The fourth-order valence-corrected chi connectivity index (χ4v) is 2.68. The Morgan fingerprint density at radius 3 is 2.38 bits per heavy atom. The topological polar surface area (TPSA) is 41.5 Å². The number of hydrogen-bond acceptors (Lipinski definition) is 2. The first-order valence-electron chi connectivity index (χ1n) is 8.36. The van der Waals surface area contributed by atoms with Crippen LogP contribution in [0, 0.1) is 0 Å². The van der Waals surface area contributed by atoms with E-state index in [0.717, 1.165) is 24.2 Å². The van der Waals surface area contributed by atoms with Crippen LogP contribution in [0.15, 0.2) is 65.3 Å². The van der Waals surface area contributed by atoms with Crippen LogP contribution < -0.4 is 5.32 Å². The van der Waals surface area contributed by atoms with Gasteiger partial charge in [-0.05, 0) is 35.1 Å². The van der Waals surface area contributed by atoms with Crippen LogP contribution in [-0.4, -0.2) is 11.7 Å². The normalized spacial score (nSPS) is 15.7. The van der Waals surface area contributed by atoms with Gasteiger partial charge >= 0.3 is 0 Å². The summed E-state index contributed by atoms with van der Waals surface area (Å²) in [6.45, 7) is 4.34. The molecule has 0 bridgehead atoms. The van der Waals surface area contributed by atoms with Crippen LogP contribution in [0.1, 0.15) is 42.9 Å².